The van der Waals surface area contributed by atoms with Gasteiger partial charge in [0.25, 0.3) is 5.91 Å². The van der Waals surface area contributed by atoms with Crippen LogP contribution in [0.1, 0.15) is 61.5 Å². The predicted octanol–water partition coefficient (Wildman–Crippen LogP) is -0.164. The van der Waals surface area contributed by atoms with Crippen LogP contribution in [0.5, 0.6) is 0 Å². The molecule has 1 atom stereocenters. The van der Waals surface area contributed by atoms with Gasteiger partial charge in [0.15, 0.2) is 0 Å². The van der Waals surface area contributed by atoms with Crippen LogP contribution >= 0.6 is 0 Å². The molecule has 3 N–H and O–H groups in total. The van der Waals surface area contributed by atoms with E-state index in [-0.39, 0.29) is 87.5 Å². The summed E-state index contributed by atoms with van der Waals surface area (Å²) < 4.78 is 14.0. The Morgan fingerprint density at radius 3 is 2.33 bits per heavy atom. The fourth-order valence-electron chi connectivity index (χ4n) is 2.52. The first-order chi connectivity index (χ1) is 10.4. The molecule has 1 aromatic carbocycles. The molecule has 1 aliphatic heterocycles. The standard InChI is InChI=1S/C15H18FN2O2.C2H6.K.H2O/c1-4-13(14(17)19)18-7-9-5-10(8(2)3)12(16)6-11(9)15(18)20;1-2;;/h5-6,8,13H,1,4,7H2,2-3H3,(H2,17,19);1-2H3;;1H2/q-1;;+1;/p-1. The summed E-state index contributed by atoms with van der Waals surface area (Å²) in [6, 6.07) is 2.21. The van der Waals surface area contributed by atoms with Crippen LogP contribution in [0.2, 0.25) is 0 Å². The van der Waals surface area contributed by atoms with E-state index in [0.717, 1.165) is 5.56 Å². The van der Waals surface area contributed by atoms with E-state index in [1.165, 1.54) is 11.0 Å². The Labute approximate surface area is 185 Å². The van der Waals surface area contributed by atoms with E-state index in [2.05, 4.69) is 6.92 Å². The van der Waals surface area contributed by atoms with Crippen LogP contribution in [0.3, 0.4) is 0 Å². The smallest absolute Gasteiger partial charge is 0.870 e. The number of hydrogen-bond acceptors (Lipinski definition) is 3. The van der Waals surface area contributed by atoms with E-state index in [1.54, 1.807) is 6.07 Å². The van der Waals surface area contributed by atoms with Crippen LogP contribution in [-0.4, -0.2) is 28.2 Å². The van der Waals surface area contributed by atoms with E-state index in [1.807, 2.05) is 27.7 Å². The fourth-order valence-corrected chi connectivity index (χ4v) is 2.52. The zero-order valence-electron chi connectivity index (χ0n) is 15.1. The number of primary amides is 1. The molecule has 0 bridgehead atoms. The number of fused-ring (bicyclic) bond motifs is 1. The second-order valence-electron chi connectivity index (χ2n) is 5.33. The molecule has 1 aromatic rings. The third-order valence-electron chi connectivity index (χ3n) is 3.65. The van der Waals surface area contributed by atoms with Gasteiger partial charge in [-0.15, -0.1) is 0 Å². The van der Waals surface area contributed by atoms with Gasteiger partial charge in [-0.3, -0.25) is 9.59 Å². The van der Waals surface area contributed by atoms with Gasteiger partial charge in [-0.05, 0) is 23.1 Å². The van der Waals surface area contributed by atoms with E-state index in [4.69, 9.17) is 5.73 Å². The predicted molar refractivity (Wildman–Crippen MR) is 86.6 cm³/mol. The van der Waals surface area contributed by atoms with Crippen LogP contribution in [-0.2, 0) is 11.3 Å². The first-order valence-corrected chi connectivity index (χ1v) is 7.58. The van der Waals surface area contributed by atoms with Crippen molar-refractivity contribution in [1.29, 1.82) is 0 Å². The first kappa shape index (κ1) is 25.9. The van der Waals surface area contributed by atoms with Gasteiger partial charge in [0.05, 0.1) is 6.04 Å². The normalized spacial score (nSPS) is 13.3. The third-order valence-corrected chi connectivity index (χ3v) is 3.65. The van der Waals surface area contributed by atoms with Crippen molar-refractivity contribution in [1.82, 2.24) is 4.90 Å². The zero-order valence-corrected chi connectivity index (χ0v) is 18.2. The molecule has 0 spiro atoms. The average Bonchev–Trinajstić information content (AvgIpc) is 2.77. The van der Waals surface area contributed by atoms with Gasteiger partial charge >= 0.3 is 51.4 Å². The Kier molecular flexibility index (Phi) is 12.2. The van der Waals surface area contributed by atoms with Crippen molar-refractivity contribution in [3.05, 3.63) is 41.6 Å². The molecule has 0 fully saturated rings. The van der Waals surface area contributed by atoms with E-state index in [9.17, 15) is 14.0 Å². The van der Waals surface area contributed by atoms with Gasteiger partial charge in [-0.2, -0.15) is 6.42 Å². The summed E-state index contributed by atoms with van der Waals surface area (Å²) in [6.45, 7) is 11.7. The first-order valence-electron chi connectivity index (χ1n) is 7.58. The summed E-state index contributed by atoms with van der Waals surface area (Å²) in [5.74, 6) is -1.31. The van der Waals surface area contributed by atoms with Crippen LogP contribution in [0.4, 0.5) is 4.39 Å². The topological polar surface area (TPSA) is 93.4 Å². The van der Waals surface area contributed by atoms with Crippen molar-refractivity contribution in [2.45, 2.75) is 52.6 Å². The number of nitrogens with zero attached hydrogens (tertiary/aromatic N) is 1. The van der Waals surface area contributed by atoms with Crippen LogP contribution < -0.4 is 57.1 Å². The monoisotopic (exact) mass is 363 g/mol. The molecule has 0 saturated heterocycles. The fraction of sp³-hybridized carbons (Fsp3) is 0.471. The van der Waals surface area contributed by atoms with Crippen molar-refractivity contribution < 1.29 is 70.8 Å². The second kappa shape index (κ2) is 11.3. The number of halogens is 1. The van der Waals surface area contributed by atoms with E-state index < -0.39 is 11.9 Å². The largest absolute Gasteiger partial charge is 1.00 e. The Morgan fingerprint density at radius 2 is 1.92 bits per heavy atom. The quantitative estimate of drug-likeness (QED) is 0.595. The number of carbonyl (C=O) groups excluding carboxylic acids is 2. The Bertz CT molecular complexity index is 579. The van der Waals surface area contributed by atoms with Gasteiger partial charge in [-0.25, -0.2) is 4.39 Å². The maximum absolute atomic E-state index is 14.0. The minimum absolute atomic E-state index is 0. The van der Waals surface area contributed by atoms with Crippen molar-refractivity contribution >= 4 is 11.8 Å². The second-order valence-corrected chi connectivity index (χ2v) is 5.33. The summed E-state index contributed by atoms with van der Waals surface area (Å²) in [4.78, 5) is 25.0. The molecule has 5 nitrogen and oxygen atoms in total. The van der Waals surface area contributed by atoms with Crippen LogP contribution in [0.25, 0.3) is 0 Å². The molecule has 0 aromatic heterocycles. The molecule has 2 rings (SSSR count). The van der Waals surface area contributed by atoms with Crippen molar-refractivity contribution in [2.75, 3.05) is 0 Å². The van der Waals surface area contributed by atoms with Crippen molar-refractivity contribution in [2.24, 2.45) is 5.73 Å². The average molecular weight is 363 g/mol. The SMILES string of the molecule is CC.[CH2-]CC(C(N)=O)N1Cc2cc(C(C)C)c(F)cc2C1=O.[K+].[OH-]. The van der Waals surface area contributed by atoms with E-state index in [0.29, 0.717) is 11.1 Å². The van der Waals surface area contributed by atoms with Gasteiger partial charge in [-0.1, -0.05) is 33.8 Å². The van der Waals surface area contributed by atoms with Gasteiger partial charge < -0.3 is 23.0 Å². The van der Waals surface area contributed by atoms with Crippen LogP contribution in [0.15, 0.2) is 12.1 Å². The minimum Gasteiger partial charge on any atom is -0.870 e. The Morgan fingerprint density at radius 1 is 1.38 bits per heavy atom. The third kappa shape index (κ3) is 5.34. The molecule has 0 aliphatic carbocycles. The summed E-state index contributed by atoms with van der Waals surface area (Å²) in [6.07, 6.45) is 0.203. The molecule has 0 saturated carbocycles. The molecule has 130 valence electrons. The number of rotatable bonds is 4. The molecular formula is C17H25FKN2O3-. The molecule has 1 aliphatic rings. The van der Waals surface area contributed by atoms with Gasteiger partial charge in [0, 0.05) is 12.1 Å². The zero-order chi connectivity index (χ0) is 17.0. The van der Waals surface area contributed by atoms with E-state index >= 15 is 0 Å². The number of benzene rings is 1. The number of hydrogen-bond donors (Lipinski definition) is 1. The number of nitrogens with two attached hydrogens (primary N) is 1. The summed E-state index contributed by atoms with van der Waals surface area (Å²) in [5, 5.41) is 0. The van der Waals surface area contributed by atoms with Gasteiger partial charge in [0.1, 0.15) is 5.82 Å². The maximum atomic E-state index is 14.0. The molecule has 7 heteroatoms. The molecule has 2 amide bonds. The van der Waals surface area contributed by atoms with Crippen LogP contribution in [0, 0.1) is 12.7 Å². The summed E-state index contributed by atoms with van der Waals surface area (Å²) in [7, 11) is 0. The number of amides is 2. The summed E-state index contributed by atoms with van der Waals surface area (Å²) >= 11 is 0. The molecule has 24 heavy (non-hydrogen) atoms. The number of carbonyl (C=O) groups is 2. The molecular weight excluding hydrogens is 338 g/mol. The summed E-state index contributed by atoms with van der Waals surface area (Å²) in [5.41, 5.74) is 6.91. The Balaban J connectivity index is 0. The molecule has 0 radical (unpaired) electrons. The maximum Gasteiger partial charge on any atom is 1.00 e. The van der Waals surface area contributed by atoms with Crippen molar-refractivity contribution in [3.8, 4) is 0 Å². The Hall–Kier alpha value is -0.314. The molecule has 1 heterocycles. The van der Waals surface area contributed by atoms with Crippen molar-refractivity contribution in [3.63, 3.8) is 0 Å². The van der Waals surface area contributed by atoms with Gasteiger partial charge in [0.2, 0.25) is 5.91 Å². The minimum atomic E-state index is -0.750. The molecule has 1 unspecified atom stereocenters.